The quantitative estimate of drug-likeness (QED) is 0.401. The average Bonchev–Trinajstić information content (AvgIpc) is 2.65. The summed E-state index contributed by atoms with van der Waals surface area (Å²) in [5.74, 6) is -0.0657. The highest BCUT2D eigenvalue weighted by Crippen LogP contribution is 2.28. The van der Waals surface area contributed by atoms with Crippen LogP contribution in [0, 0.1) is 22.7 Å². The zero-order chi connectivity index (χ0) is 18.9. The molecule has 0 N–H and O–H groups in total. The SMILES string of the molecule is CCOC(=O)/C(C#N)=C\c1ccc(OCc2ccccc2C#N)c(Br)c1. The number of carbonyl (C=O) groups excluding carboxylic acids is 1. The van der Waals surface area contributed by atoms with Gasteiger partial charge in [-0.25, -0.2) is 4.79 Å². The Morgan fingerprint density at radius 3 is 2.65 bits per heavy atom. The number of benzene rings is 2. The van der Waals surface area contributed by atoms with Gasteiger partial charge in [-0.15, -0.1) is 0 Å². The topological polar surface area (TPSA) is 83.1 Å². The molecule has 5 nitrogen and oxygen atoms in total. The van der Waals surface area contributed by atoms with E-state index in [0.29, 0.717) is 21.3 Å². The van der Waals surface area contributed by atoms with E-state index < -0.39 is 5.97 Å². The van der Waals surface area contributed by atoms with Crippen LogP contribution in [0.2, 0.25) is 0 Å². The van der Waals surface area contributed by atoms with Crippen molar-refractivity contribution in [1.82, 2.24) is 0 Å². The standard InChI is InChI=1S/C20H15BrN2O3/c1-2-25-20(24)17(12-23)9-14-7-8-19(18(21)10-14)26-13-16-6-4-3-5-15(16)11-22/h3-10H,2,13H2,1H3/b17-9-. The van der Waals surface area contributed by atoms with Gasteiger partial charge in [-0.05, 0) is 52.7 Å². The predicted octanol–water partition coefficient (Wildman–Crippen LogP) is 4.37. The van der Waals surface area contributed by atoms with Crippen LogP contribution in [0.1, 0.15) is 23.6 Å². The number of ether oxygens (including phenoxy) is 2. The normalized spacial score (nSPS) is 10.5. The zero-order valence-electron chi connectivity index (χ0n) is 14.0. The highest BCUT2D eigenvalue weighted by Gasteiger charge is 2.11. The lowest BCUT2D eigenvalue weighted by Gasteiger charge is -2.10. The lowest BCUT2D eigenvalue weighted by molar-refractivity contribution is -0.137. The van der Waals surface area contributed by atoms with Crippen LogP contribution in [0.15, 0.2) is 52.5 Å². The van der Waals surface area contributed by atoms with Gasteiger partial charge in [0.1, 0.15) is 24.0 Å². The fourth-order valence-corrected chi connectivity index (χ4v) is 2.66. The van der Waals surface area contributed by atoms with Gasteiger partial charge in [0.2, 0.25) is 0 Å². The molecule has 0 aromatic heterocycles. The molecule has 0 aliphatic carbocycles. The average molecular weight is 411 g/mol. The molecule has 2 aromatic carbocycles. The number of esters is 1. The van der Waals surface area contributed by atoms with Crippen molar-refractivity contribution in [2.45, 2.75) is 13.5 Å². The summed E-state index contributed by atoms with van der Waals surface area (Å²) in [7, 11) is 0. The van der Waals surface area contributed by atoms with Gasteiger partial charge in [-0.3, -0.25) is 0 Å². The molecule has 0 saturated heterocycles. The van der Waals surface area contributed by atoms with E-state index in [1.807, 2.05) is 18.2 Å². The van der Waals surface area contributed by atoms with Gasteiger partial charge in [-0.2, -0.15) is 10.5 Å². The fraction of sp³-hybridized carbons (Fsp3) is 0.150. The first-order chi connectivity index (χ1) is 12.6. The van der Waals surface area contributed by atoms with Gasteiger partial charge in [0.25, 0.3) is 0 Å². The molecule has 0 fully saturated rings. The van der Waals surface area contributed by atoms with E-state index in [9.17, 15) is 4.79 Å². The summed E-state index contributed by atoms with van der Waals surface area (Å²) in [6, 6.07) is 16.4. The molecule has 2 rings (SSSR count). The Labute approximate surface area is 160 Å². The second-order valence-corrected chi connectivity index (χ2v) is 5.99. The molecule has 0 atom stereocenters. The molecule has 0 aliphatic rings. The van der Waals surface area contributed by atoms with Crippen molar-refractivity contribution in [3.8, 4) is 17.9 Å². The number of hydrogen-bond acceptors (Lipinski definition) is 5. The number of rotatable bonds is 6. The van der Waals surface area contributed by atoms with Gasteiger partial charge in [0.05, 0.1) is 22.7 Å². The molecule has 0 bridgehead atoms. The minimum Gasteiger partial charge on any atom is -0.488 e. The number of carbonyl (C=O) groups is 1. The first-order valence-corrected chi connectivity index (χ1v) is 8.57. The van der Waals surface area contributed by atoms with Crippen LogP contribution in [0.25, 0.3) is 6.08 Å². The van der Waals surface area contributed by atoms with E-state index in [-0.39, 0.29) is 18.8 Å². The summed E-state index contributed by atoms with van der Waals surface area (Å²) >= 11 is 3.42. The van der Waals surface area contributed by atoms with Crippen LogP contribution >= 0.6 is 15.9 Å². The van der Waals surface area contributed by atoms with E-state index in [2.05, 4.69) is 22.0 Å². The summed E-state index contributed by atoms with van der Waals surface area (Å²) in [6.07, 6.45) is 1.46. The van der Waals surface area contributed by atoms with Crippen LogP contribution in [-0.2, 0) is 16.1 Å². The van der Waals surface area contributed by atoms with E-state index in [4.69, 9.17) is 20.0 Å². The van der Waals surface area contributed by atoms with Crippen molar-refractivity contribution in [2.24, 2.45) is 0 Å². The van der Waals surface area contributed by atoms with Gasteiger partial charge < -0.3 is 9.47 Å². The molecular weight excluding hydrogens is 396 g/mol. The summed E-state index contributed by atoms with van der Waals surface area (Å²) in [5.41, 5.74) is 1.94. The second kappa shape index (κ2) is 9.41. The first kappa shape index (κ1) is 19.2. The van der Waals surface area contributed by atoms with Crippen LogP contribution in [0.4, 0.5) is 0 Å². The van der Waals surface area contributed by atoms with Crippen molar-refractivity contribution in [1.29, 1.82) is 10.5 Å². The summed E-state index contributed by atoms with van der Waals surface area (Å²) in [6.45, 7) is 2.14. The van der Waals surface area contributed by atoms with Crippen molar-refractivity contribution in [2.75, 3.05) is 6.61 Å². The highest BCUT2D eigenvalue weighted by molar-refractivity contribution is 9.10. The number of hydrogen-bond donors (Lipinski definition) is 0. The summed E-state index contributed by atoms with van der Waals surface area (Å²) < 4.78 is 11.3. The van der Waals surface area contributed by atoms with Crippen molar-refractivity contribution in [3.05, 3.63) is 69.2 Å². The third-order valence-corrected chi connectivity index (χ3v) is 4.02. The Kier molecular flexibility index (Phi) is 6.96. The Morgan fingerprint density at radius 1 is 1.23 bits per heavy atom. The minimum atomic E-state index is -0.653. The molecule has 0 spiro atoms. The monoisotopic (exact) mass is 410 g/mol. The minimum absolute atomic E-state index is 0.0737. The molecule has 0 unspecified atom stereocenters. The lowest BCUT2D eigenvalue weighted by atomic mass is 10.1. The molecule has 26 heavy (non-hydrogen) atoms. The molecule has 130 valence electrons. The van der Waals surface area contributed by atoms with Crippen molar-refractivity contribution < 1.29 is 14.3 Å². The number of nitriles is 2. The molecule has 0 saturated carbocycles. The largest absolute Gasteiger partial charge is 0.488 e. The van der Waals surface area contributed by atoms with E-state index >= 15 is 0 Å². The third-order valence-electron chi connectivity index (χ3n) is 3.40. The van der Waals surface area contributed by atoms with Crippen LogP contribution in [0.3, 0.4) is 0 Å². The van der Waals surface area contributed by atoms with Crippen LogP contribution in [0.5, 0.6) is 5.75 Å². The van der Waals surface area contributed by atoms with Crippen LogP contribution < -0.4 is 4.74 Å². The van der Waals surface area contributed by atoms with E-state index in [1.54, 1.807) is 37.3 Å². The Bertz CT molecular complexity index is 923. The molecule has 0 heterocycles. The summed E-state index contributed by atoms with van der Waals surface area (Å²) in [4.78, 5) is 11.7. The third kappa shape index (κ3) is 4.95. The van der Waals surface area contributed by atoms with Gasteiger partial charge in [0.15, 0.2) is 0 Å². The maximum absolute atomic E-state index is 11.7. The highest BCUT2D eigenvalue weighted by atomic mass is 79.9. The fourth-order valence-electron chi connectivity index (χ4n) is 2.15. The molecule has 6 heteroatoms. The van der Waals surface area contributed by atoms with Crippen molar-refractivity contribution >= 4 is 28.0 Å². The number of nitrogens with zero attached hydrogens (tertiary/aromatic N) is 2. The lowest BCUT2D eigenvalue weighted by Crippen LogP contribution is -2.06. The molecule has 0 radical (unpaired) electrons. The number of halogens is 1. The Balaban J connectivity index is 2.16. The first-order valence-electron chi connectivity index (χ1n) is 7.78. The molecule has 0 aliphatic heterocycles. The summed E-state index contributed by atoms with van der Waals surface area (Å²) in [5, 5.41) is 18.2. The predicted molar refractivity (Wildman–Crippen MR) is 99.9 cm³/mol. The maximum Gasteiger partial charge on any atom is 0.348 e. The maximum atomic E-state index is 11.7. The van der Waals surface area contributed by atoms with E-state index in [1.165, 1.54) is 6.08 Å². The molecule has 0 amide bonds. The van der Waals surface area contributed by atoms with E-state index in [0.717, 1.165) is 5.56 Å². The van der Waals surface area contributed by atoms with Gasteiger partial charge in [-0.1, -0.05) is 24.3 Å². The van der Waals surface area contributed by atoms with Crippen LogP contribution in [-0.4, -0.2) is 12.6 Å². The van der Waals surface area contributed by atoms with Gasteiger partial charge in [0, 0.05) is 5.56 Å². The van der Waals surface area contributed by atoms with Gasteiger partial charge >= 0.3 is 5.97 Å². The second-order valence-electron chi connectivity index (χ2n) is 5.14. The molecular formula is C20H15BrN2O3. The smallest absolute Gasteiger partial charge is 0.348 e. The van der Waals surface area contributed by atoms with Crippen molar-refractivity contribution in [3.63, 3.8) is 0 Å². The Hall–Kier alpha value is -3.09. The zero-order valence-corrected chi connectivity index (χ0v) is 15.6. The Morgan fingerprint density at radius 2 is 2.00 bits per heavy atom. The molecule has 2 aromatic rings.